The number of carboxylic acid groups (broad SMARTS) is 1. The van der Waals surface area contributed by atoms with E-state index in [0.717, 1.165) is 0 Å². The summed E-state index contributed by atoms with van der Waals surface area (Å²) in [6.07, 6.45) is -2.28. The van der Waals surface area contributed by atoms with E-state index >= 15 is 0 Å². The molecule has 0 aliphatic heterocycles. The Morgan fingerprint density at radius 2 is 1.90 bits per heavy atom. The standard InChI is InChI=1S/C12H14N2O7/c1-12(2,13-10(15)16)7-20-11(17)21-9-5-3-8(4-6-9)14(18)19/h3-6,13H,7H2,1-2H3,(H,15,16). The maximum absolute atomic E-state index is 11.4. The van der Waals surface area contributed by atoms with Crippen molar-refractivity contribution < 1.29 is 29.1 Å². The van der Waals surface area contributed by atoms with Crippen molar-refractivity contribution in [2.24, 2.45) is 0 Å². The maximum Gasteiger partial charge on any atom is 0.513 e. The minimum atomic E-state index is -1.24. The molecule has 0 radical (unpaired) electrons. The van der Waals surface area contributed by atoms with Crippen molar-refractivity contribution in [3.8, 4) is 5.75 Å². The van der Waals surface area contributed by atoms with Crippen LogP contribution < -0.4 is 10.1 Å². The lowest BCUT2D eigenvalue weighted by Gasteiger charge is -2.23. The zero-order chi connectivity index (χ0) is 16.0. The van der Waals surface area contributed by atoms with Crippen molar-refractivity contribution in [3.63, 3.8) is 0 Å². The van der Waals surface area contributed by atoms with Crippen molar-refractivity contribution in [2.45, 2.75) is 19.4 Å². The van der Waals surface area contributed by atoms with E-state index in [1.165, 1.54) is 38.1 Å². The fourth-order valence-corrected chi connectivity index (χ4v) is 1.33. The van der Waals surface area contributed by atoms with Crippen LogP contribution in [-0.2, 0) is 4.74 Å². The monoisotopic (exact) mass is 298 g/mol. The molecule has 0 aliphatic rings. The van der Waals surface area contributed by atoms with E-state index in [2.05, 4.69) is 5.32 Å². The quantitative estimate of drug-likeness (QED) is 0.369. The highest BCUT2D eigenvalue weighted by molar-refractivity contribution is 5.66. The Labute approximate surface area is 119 Å². The van der Waals surface area contributed by atoms with Gasteiger partial charge in [-0.1, -0.05) is 0 Å². The van der Waals surface area contributed by atoms with Gasteiger partial charge in [0, 0.05) is 12.1 Å². The first-order valence-electron chi connectivity index (χ1n) is 5.80. The number of benzene rings is 1. The Kier molecular flexibility index (Phi) is 5.06. The van der Waals surface area contributed by atoms with Crippen LogP contribution in [0.4, 0.5) is 15.3 Å². The molecule has 1 amide bonds. The molecule has 0 aromatic heterocycles. The lowest BCUT2D eigenvalue weighted by Crippen LogP contribution is -2.47. The molecule has 0 heterocycles. The fourth-order valence-electron chi connectivity index (χ4n) is 1.33. The Balaban J connectivity index is 2.50. The molecule has 0 spiro atoms. The lowest BCUT2D eigenvalue weighted by molar-refractivity contribution is -0.384. The molecule has 0 saturated carbocycles. The number of ether oxygens (including phenoxy) is 2. The van der Waals surface area contributed by atoms with Gasteiger partial charge in [-0.05, 0) is 26.0 Å². The smallest absolute Gasteiger partial charge is 0.465 e. The van der Waals surface area contributed by atoms with E-state index in [9.17, 15) is 19.7 Å². The normalized spacial score (nSPS) is 10.6. The van der Waals surface area contributed by atoms with E-state index in [0.29, 0.717) is 0 Å². The molecule has 2 N–H and O–H groups in total. The van der Waals surface area contributed by atoms with Crippen LogP contribution >= 0.6 is 0 Å². The van der Waals surface area contributed by atoms with Crippen LogP contribution in [0, 0.1) is 10.1 Å². The molecule has 9 heteroatoms. The Bertz CT molecular complexity index is 539. The van der Waals surface area contributed by atoms with Crippen LogP contribution in [0.25, 0.3) is 0 Å². The van der Waals surface area contributed by atoms with Gasteiger partial charge in [-0.2, -0.15) is 0 Å². The summed E-state index contributed by atoms with van der Waals surface area (Å²) in [5.74, 6) is 0.0783. The highest BCUT2D eigenvalue weighted by atomic mass is 16.7. The number of non-ortho nitro benzene ring substituents is 1. The van der Waals surface area contributed by atoms with Gasteiger partial charge in [0.05, 0.1) is 10.5 Å². The van der Waals surface area contributed by atoms with Crippen molar-refractivity contribution in [1.29, 1.82) is 0 Å². The molecule has 1 rings (SSSR count). The molecule has 0 fully saturated rings. The van der Waals surface area contributed by atoms with Gasteiger partial charge in [-0.15, -0.1) is 0 Å². The molecular weight excluding hydrogens is 284 g/mol. The summed E-state index contributed by atoms with van der Waals surface area (Å²) in [5, 5.41) is 21.2. The van der Waals surface area contributed by atoms with Gasteiger partial charge < -0.3 is 19.9 Å². The third kappa shape index (κ3) is 5.76. The third-order valence-corrected chi connectivity index (χ3v) is 2.24. The average molecular weight is 298 g/mol. The summed E-state index contributed by atoms with van der Waals surface area (Å²) < 4.78 is 9.56. The molecule has 0 unspecified atom stereocenters. The number of nitrogens with zero attached hydrogens (tertiary/aromatic N) is 1. The Hall–Kier alpha value is -2.84. The predicted octanol–water partition coefficient (Wildman–Crippen LogP) is 2.16. The van der Waals surface area contributed by atoms with Crippen molar-refractivity contribution in [3.05, 3.63) is 34.4 Å². The number of amides is 1. The molecule has 114 valence electrons. The largest absolute Gasteiger partial charge is 0.513 e. The second-order valence-corrected chi connectivity index (χ2v) is 4.71. The molecule has 0 saturated heterocycles. The van der Waals surface area contributed by atoms with Crippen LogP contribution in [0.2, 0.25) is 0 Å². The molecule has 1 aromatic rings. The van der Waals surface area contributed by atoms with Gasteiger partial charge in [-0.25, -0.2) is 9.59 Å². The predicted molar refractivity (Wildman–Crippen MR) is 70.3 cm³/mol. The summed E-state index contributed by atoms with van der Waals surface area (Å²) in [4.78, 5) is 31.8. The summed E-state index contributed by atoms with van der Waals surface area (Å²) in [7, 11) is 0. The topological polar surface area (TPSA) is 128 Å². The number of carbonyl (C=O) groups excluding carboxylic acids is 1. The molecular formula is C12H14N2O7. The second-order valence-electron chi connectivity index (χ2n) is 4.71. The number of rotatable bonds is 5. The van der Waals surface area contributed by atoms with Gasteiger partial charge in [0.15, 0.2) is 0 Å². The molecule has 0 bridgehead atoms. The SMILES string of the molecule is CC(C)(COC(=O)Oc1ccc([N+](=O)[O-])cc1)NC(=O)O. The molecule has 21 heavy (non-hydrogen) atoms. The van der Waals surface area contributed by atoms with Crippen molar-refractivity contribution in [2.75, 3.05) is 6.61 Å². The molecule has 9 nitrogen and oxygen atoms in total. The third-order valence-electron chi connectivity index (χ3n) is 2.24. The maximum atomic E-state index is 11.4. The highest BCUT2D eigenvalue weighted by Gasteiger charge is 2.23. The first-order valence-corrected chi connectivity index (χ1v) is 5.80. The van der Waals surface area contributed by atoms with E-state index in [-0.39, 0.29) is 18.0 Å². The number of nitrogens with one attached hydrogen (secondary N) is 1. The van der Waals surface area contributed by atoms with Gasteiger partial charge >= 0.3 is 12.2 Å². The Morgan fingerprint density at radius 3 is 2.38 bits per heavy atom. The van der Waals surface area contributed by atoms with Gasteiger partial charge in [0.2, 0.25) is 0 Å². The number of nitro benzene ring substituents is 1. The zero-order valence-corrected chi connectivity index (χ0v) is 11.4. The summed E-state index contributed by atoms with van der Waals surface area (Å²) >= 11 is 0. The lowest BCUT2D eigenvalue weighted by atomic mass is 10.1. The van der Waals surface area contributed by atoms with Crippen molar-refractivity contribution in [1.82, 2.24) is 5.32 Å². The first kappa shape index (κ1) is 16.2. The second kappa shape index (κ2) is 6.55. The summed E-state index contributed by atoms with van der Waals surface area (Å²) in [6.45, 7) is 2.83. The van der Waals surface area contributed by atoms with Crippen molar-refractivity contribution >= 4 is 17.9 Å². The van der Waals surface area contributed by atoms with Crippen LogP contribution in [0.5, 0.6) is 5.75 Å². The molecule has 0 atom stereocenters. The fraction of sp³-hybridized carbons (Fsp3) is 0.333. The molecule has 1 aromatic carbocycles. The van der Waals surface area contributed by atoms with E-state index in [4.69, 9.17) is 14.6 Å². The Morgan fingerprint density at radius 1 is 1.33 bits per heavy atom. The number of hydrogen-bond donors (Lipinski definition) is 2. The van der Waals surface area contributed by atoms with Crippen LogP contribution in [0.15, 0.2) is 24.3 Å². The van der Waals surface area contributed by atoms with Crippen LogP contribution in [0.1, 0.15) is 13.8 Å². The van der Waals surface area contributed by atoms with E-state index in [1.807, 2.05) is 0 Å². The number of hydrogen-bond acceptors (Lipinski definition) is 6. The minimum Gasteiger partial charge on any atom is -0.465 e. The van der Waals surface area contributed by atoms with E-state index < -0.39 is 22.7 Å². The summed E-state index contributed by atoms with van der Waals surface area (Å²) in [6, 6.07) is 4.86. The van der Waals surface area contributed by atoms with Gasteiger partial charge in [-0.3, -0.25) is 10.1 Å². The van der Waals surface area contributed by atoms with Gasteiger partial charge in [0.1, 0.15) is 12.4 Å². The molecule has 0 aliphatic carbocycles. The van der Waals surface area contributed by atoms with E-state index in [1.54, 1.807) is 0 Å². The zero-order valence-electron chi connectivity index (χ0n) is 11.4. The summed E-state index contributed by atoms with van der Waals surface area (Å²) in [5.41, 5.74) is -1.11. The van der Waals surface area contributed by atoms with Gasteiger partial charge in [0.25, 0.3) is 5.69 Å². The first-order chi connectivity index (χ1) is 9.69. The minimum absolute atomic E-state index is 0.0783. The van der Waals surface area contributed by atoms with Crippen LogP contribution in [-0.4, -0.2) is 34.4 Å². The number of carbonyl (C=O) groups is 2. The van der Waals surface area contributed by atoms with Crippen LogP contribution in [0.3, 0.4) is 0 Å². The highest BCUT2D eigenvalue weighted by Crippen LogP contribution is 2.17. The number of nitro groups is 1. The average Bonchev–Trinajstić information content (AvgIpc) is 2.36.